The van der Waals surface area contributed by atoms with Crippen molar-refractivity contribution in [3.8, 4) is 0 Å². The molecule has 4 bridgehead atoms. The Bertz CT molecular complexity index is 379. The molecule has 0 aliphatic heterocycles. The Hall–Kier alpha value is -0.530. The van der Waals surface area contributed by atoms with Gasteiger partial charge in [0.1, 0.15) is 0 Å². The molecule has 0 aromatic rings. The van der Waals surface area contributed by atoms with E-state index in [9.17, 15) is 4.79 Å². The van der Waals surface area contributed by atoms with E-state index in [0.717, 1.165) is 29.6 Å². The van der Waals surface area contributed by atoms with Gasteiger partial charge in [-0.05, 0) is 75.0 Å². The summed E-state index contributed by atoms with van der Waals surface area (Å²) >= 11 is 0. The molecule has 0 saturated heterocycles. The zero-order valence-electron chi connectivity index (χ0n) is 12.1. The van der Waals surface area contributed by atoms with Crippen LogP contribution in [0.3, 0.4) is 0 Å². The minimum atomic E-state index is 0.361. The smallest absolute Gasteiger partial charge is 0.223 e. The molecule has 4 saturated carbocycles. The van der Waals surface area contributed by atoms with E-state index in [0.29, 0.717) is 17.9 Å². The zero-order valence-corrected chi connectivity index (χ0v) is 12.1. The van der Waals surface area contributed by atoms with E-state index < -0.39 is 0 Å². The Balaban J connectivity index is 1.35. The predicted octanol–water partition coefficient (Wildman–Crippen LogP) is 3.36. The fraction of sp³-hybridized carbons (Fsp3) is 0.941. The topological polar surface area (TPSA) is 29.1 Å². The lowest BCUT2D eigenvalue weighted by atomic mass is 9.83. The average molecular weight is 261 g/mol. The summed E-state index contributed by atoms with van der Waals surface area (Å²) in [5, 5.41) is 3.39. The first-order valence-electron chi connectivity index (χ1n) is 8.51. The number of fused-ring (bicyclic) bond motifs is 4. The van der Waals surface area contributed by atoms with Gasteiger partial charge in [-0.3, -0.25) is 4.79 Å². The van der Waals surface area contributed by atoms with Gasteiger partial charge in [0.15, 0.2) is 0 Å². The summed E-state index contributed by atoms with van der Waals surface area (Å²) in [5.74, 6) is 5.02. The van der Waals surface area contributed by atoms with Gasteiger partial charge in [-0.15, -0.1) is 0 Å². The van der Waals surface area contributed by atoms with Crippen LogP contribution in [0.15, 0.2) is 0 Å². The summed E-state index contributed by atoms with van der Waals surface area (Å²) in [6.07, 6.45) is 10.9. The quantitative estimate of drug-likeness (QED) is 0.829. The van der Waals surface area contributed by atoms with Crippen LogP contribution in [0.4, 0.5) is 0 Å². The summed E-state index contributed by atoms with van der Waals surface area (Å²) in [4.78, 5) is 12.5. The molecule has 7 unspecified atom stereocenters. The molecular formula is C17H27NO. The monoisotopic (exact) mass is 261 g/mol. The molecule has 4 fully saturated rings. The largest absolute Gasteiger partial charge is 0.353 e. The van der Waals surface area contributed by atoms with Crippen LogP contribution in [0.5, 0.6) is 0 Å². The summed E-state index contributed by atoms with van der Waals surface area (Å²) < 4.78 is 0. The minimum absolute atomic E-state index is 0.361. The van der Waals surface area contributed by atoms with E-state index in [1.54, 1.807) is 0 Å². The van der Waals surface area contributed by atoms with Crippen molar-refractivity contribution in [2.24, 2.45) is 35.5 Å². The molecular weight excluding hydrogens is 234 g/mol. The molecule has 0 aromatic heterocycles. The minimum Gasteiger partial charge on any atom is -0.353 e. The van der Waals surface area contributed by atoms with Crippen molar-refractivity contribution in [2.45, 2.75) is 64.3 Å². The lowest BCUT2D eigenvalue weighted by molar-refractivity contribution is -0.127. The highest BCUT2D eigenvalue weighted by Gasteiger charge is 2.45. The maximum atomic E-state index is 12.5. The first kappa shape index (κ1) is 12.2. The number of carbonyl (C=O) groups excluding carboxylic acids is 1. The second-order valence-corrected chi connectivity index (χ2v) is 7.92. The molecule has 19 heavy (non-hydrogen) atoms. The molecule has 2 heteroatoms. The molecule has 4 aliphatic rings. The normalized spacial score (nSPS) is 48.7. The second kappa shape index (κ2) is 4.49. The number of hydrogen-bond acceptors (Lipinski definition) is 1. The number of nitrogens with one attached hydrogen (secondary N) is 1. The van der Waals surface area contributed by atoms with Gasteiger partial charge >= 0.3 is 0 Å². The SMILES string of the molecule is CC(NC(=O)C1CC2CCC1C2)C1CC2CCC1C2. The first-order chi connectivity index (χ1) is 9.20. The van der Waals surface area contributed by atoms with Gasteiger partial charge in [-0.2, -0.15) is 0 Å². The molecule has 4 aliphatic carbocycles. The summed E-state index contributed by atoms with van der Waals surface area (Å²) in [7, 11) is 0. The molecule has 7 atom stereocenters. The van der Waals surface area contributed by atoms with Crippen molar-refractivity contribution >= 4 is 5.91 Å². The Morgan fingerprint density at radius 1 is 0.947 bits per heavy atom. The number of carbonyl (C=O) groups is 1. The molecule has 4 rings (SSSR count). The Morgan fingerprint density at radius 2 is 1.63 bits per heavy atom. The summed E-state index contributed by atoms with van der Waals surface area (Å²) in [6.45, 7) is 2.26. The van der Waals surface area contributed by atoms with Crippen molar-refractivity contribution in [3.05, 3.63) is 0 Å². The predicted molar refractivity (Wildman–Crippen MR) is 75.5 cm³/mol. The van der Waals surface area contributed by atoms with E-state index in [1.807, 2.05) is 0 Å². The van der Waals surface area contributed by atoms with E-state index >= 15 is 0 Å². The van der Waals surface area contributed by atoms with E-state index in [1.165, 1.54) is 51.4 Å². The number of amides is 1. The van der Waals surface area contributed by atoms with Gasteiger partial charge < -0.3 is 5.32 Å². The van der Waals surface area contributed by atoms with Crippen molar-refractivity contribution in [3.63, 3.8) is 0 Å². The van der Waals surface area contributed by atoms with Gasteiger partial charge in [0.2, 0.25) is 5.91 Å². The molecule has 1 amide bonds. The fourth-order valence-electron chi connectivity index (χ4n) is 5.91. The molecule has 0 aromatic carbocycles. The molecule has 0 radical (unpaired) electrons. The van der Waals surface area contributed by atoms with Crippen LogP contribution in [-0.4, -0.2) is 11.9 Å². The van der Waals surface area contributed by atoms with Crippen LogP contribution in [0.2, 0.25) is 0 Å². The van der Waals surface area contributed by atoms with Crippen molar-refractivity contribution in [1.82, 2.24) is 5.32 Å². The molecule has 0 heterocycles. The van der Waals surface area contributed by atoms with Crippen LogP contribution in [-0.2, 0) is 4.79 Å². The molecule has 0 spiro atoms. The fourth-order valence-corrected chi connectivity index (χ4v) is 5.91. The first-order valence-corrected chi connectivity index (χ1v) is 8.51. The lowest BCUT2D eigenvalue weighted by Crippen LogP contribution is -2.44. The average Bonchev–Trinajstić information content (AvgIpc) is 3.17. The zero-order chi connectivity index (χ0) is 13.0. The number of rotatable bonds is 3. The Labute approximate surface area is 116 Å². The third-order valence-electron chi connectivity index (χ3n) is 6.88. The third-order valence-corrected chi connectivity index (χ3v) is 6.88. The Morgan fingerprint density at radius 3 is 2.16 bits per heavy atom. The van der Waals surface area contributed by atoms with Gasteiger partial charge in [-0.25, -0.2) is 0 Å². The van der Waals surface area contributed by atoms with Crippen LogP contribution in [0.1, 0.15) is 58.3 Å². The van der Waals surface area contributed by atoms with E-state index in [4.69, 9.17) is 0 Å². The molecule has 106 valence electrons. The van der Waals surface area contributed by atoms with Gasteiger partial charge in [0.05, 0.1) is 0 Å². The van der Waals surface area contributed by atoms with E-state index in [-0.39, 0.29) is 0 Å². The second-order valence-electron chi connectivity index (χ2n) is 7.92. The number of hydrogen-bond donors (Lipinski definition) is 1. The summed E-state index contributed by atoms with van der Waals surface area (Å²) in [6, 6.07) is 0.418. The van der Waals surface area contributed by atoms with Crippen LogP contribution in [0.25, 0.3) is 0 Å². The van der Waals surface area contributed by atoms with Crippen LogP contribution >= 0.6 is 0 Å². The highest BCUT2D eigenvalue weighted by molar-refractivity contribution is 5.79. The van der Waals surface area contributed by atoms with Crippen LogP contribution in [0, 0.1) is 35.5 Å². The standard InChI is InChI=1S/C17H27NO/c1-10(15-8-11-2-4-13(15)6-11)18-17(19)16-9-12-3-5-14(16)7-12/h10-16H,2-9H2,1H3,(H,18,19). The highest BCUT2D eigenvalue weighted by Crippen LogP contribution is 2.50. The maximum absolute atomic E-state index is 12.5. The molecule has 2 nitrogen and oxygen atoms in total. The van der Waals surface area contributed by atoms with E-state index in [2.05, 4.69) is 12.2 Å². The van der Waals surface area contributed by atoms with Gasteiger partial charge in [-0.1, -0.05) is 12.8 Å². The third kappa shape index (κ3) is 2.02. The maximum Gasteiger partial charge on any atom is 0.223 e. The lowest BCUT2D eigenvalue weighted by Gasteiger charge is -2.30. The summed E-state index contributed by atoms with van der Waals surface area (Å²) in [5.41, 5.74) is 0. The van der Waals surface area contributed by atoms with Crippen molar-refractivity contribution < 1.29 is 4.79 Å². The van der Waals surface area contributed by atoms with Crippen LogP contribution < -0.4 is 5.32 Å². The molecule has 1 N–H and O–H groups in total. The highest BCUT2D eigenvalue weighted by atomic mass is 16.2. The van der Waals surface area contributed by atoms with Gasteiger partial charge in [0, 0.05) is 12.0 Å². The van der Waals surface area contributed by atoms with Crippen molar-refractivity contribution in [1.29, 1.82) is 0 Å². The Kier molecular flexibility index (Phi) is 2.89. The van der Waals surface area contributed by atoms with Crippen molar-refractivity contribution in [2.75, 3.05) is 0 Å². The van der Waals surface area contributed by atoms with Gasteiger partial charge in [0.25, 0.3) is 0 Å².